The molecule has 0 spiro atoms. The Morgan fingerprint density at radius 3 is 2.00 bits per heavy atom. The van der Waals surface area contributed by atoms with Crippen LogP contribution in [-0.2, 0) is 30.4 Å². The zero-order valence-electron chi connectivity index (χ0n) is 20.8. The summed E-state index contributed by atoms with van der Waals surface area (Å²) in [5.41, 5.74) is 22.2. The summed E-state index contributed by atoms with van der Waals surface area (Å²) in [5, 5.41) is 16.9. The van der Waals surface area contributed by atoms with E-state index in [1.807, 2.05) is 0 Å². The fraction of sp³-hybridized carbons (Fsp3) is 0.478. The minimum atomic E-state index is -1.42. The van der Waals surface area contributed by atoms with Crippen LogP contribution in [0.4, 0.5) is 0 Å². The van der Waals surface area contributed by atoms with Crippen molar-refractivity contribution in [2.75, 3.05) is 12.3 Å². The van der Waals surface area contributed by atoms with Crippen LogP contribution in [0.3, 0.4) is 0 Å². The highest BCUT2D eigenvalue weighted by Gasteiger charge is 2.30. The van der Waals surface area contributed by atoms with E-state index >= 15 is 0 Å². The maximum absolute atomic E-state index is 13.3. The van der Waals surface area contributed by atoms with E-state index < -0.39 is 53.8 Å². The number of aliphatic imine (C=N–C) groups is 1. The first-order valence-electron chi connectivity index (χ1n) is 11.8. The van der Waals surface area contributed by atoms with Crippen LogP contribution in [0.5, 0.6) is 0 Å². The van der Waals surface area contributed by atoms with Crippen molar-refractivity contribution in [3.63, 3.8) is 0 Å². The zero-order valence-corrected chi connectivity index (χ0v) is 21.7. The maximum Gasteiger partial charge on any atom is 0.326 e. The van der Waals surface area contributed by atoms with Gasteiger partial charge in [-0.05, 0) is 24.8 Å². The molecule has 4 amide bonds. The first-order chi connectivity index (χ1) is 17.9. The van der Waals surface area contributed by atoms with Crippen LogP contribution in [0, 0.1) is 0 Å². The van der Waals surface area contributed by atoms with Gasteiger partial charge in [0.1, 0.15) is 18.1 Å². The molecule has 1 aromatic carbocycles. The summed E-state index contributed by atoms with van der Waals surface area (Å²) in [4.78, 5) is 65.2. The molecule has 1 aromatic rings. The Bertz CT molecular complexity index is 989. The van der Waals surface area contributed by atoms with Gasteiger partial charge in [-0.1, -0.05) is 30.3 Å². The van der Waals surface area contributed by atoms with Crippen molar-refractivity contribution < 1.29 is 29.1 Å². The number of primary amides is 1. The number of carboxylic acid groups (broad SMARTS) is 1. The Balaban J connectivity index is 3.12. The number of nitrogens with two attached hydrogens (primary N) is 4. The van der Waals surface area contributed by atoms with Crippen LogP contribution in [0.2, 0.25) is 0 Å². The quantitative estimate of drug-likeness (QED) is 0.0422. The van der Waals surface area contributed by atoms with Crippen LogP contribution in [0.25, 0.3) is 0 Å². The van der Waals surface area contributed by atoms with Crippen molar-refractivity contribution >= 4 is 48.2 Å². The Morgan fingerprint density at radius 1 is 0.868 bits per heavy atom. The summed E-state index contributed by atoms with van der Waals surface area (Å²) in [6.45, 7) is 0.146. The molecular formula is C23H36N8O6S. The molecule has 4 atom stereocenters. The van der Waals surface area contributed by atoms with Gasteiger partial charge in [-0.3, -0.25) is 24.2 Å². The van der Waals surface area contributed by atoms with E-state index in [4.69, 9.17) is 22.9 Å². The van der Waals surface area contributed by atoms with Gasteiger partial charge in [0.25, 0.3) is 0 Å². The average Bonchev–Trinajstić information content (AvgIpc) is 2.87. The normalized spacial score (nSPS) is 13.7. The van der Waals surface area contributed by atoms with Crippen molar-refractivity contribution in [1.82, 2.24) is 16.0 Å². The van der Waals surface area contributed by atoms with Crippen LogP contribution in [0.1, 0.15) is 31.2 Å². The van der Waals surface area contributed by atoms with E-state index in [2.05, 4.69) is 33.6 Å². The van der Waals surface area contributed by atoms with Crippen molar-refractivity contribution in [1.29, 1.82) is 0 Å². The lowest BCUT2D eigenvalue weighted by molar-refractivity contribution is -0.142. The second-order valence-corrected chi connectivity index (χ2v) is 8.82. The highest BCUT2D eigenvalue weighted by Crippen LogP contribution is 2.07. The summed E-state index contributed by atoms with van der Waals surface area (Å²) >= 11 is 4.01. The van der Waals surface area contributed by atoms with Crippen LogP contribution in [-0.4, -0.2) is 77.1 Å². The second kappa shape index (κ2) is 16.8. The standard InChI is InChI=1S/C23H36N8O6S/c24-14(12-38)19(33)31-17(11-13-5-2-1-3-6-13)21(35)29-15(7-4-10-28-23(26)27)20(34)30-16(22(36)37)8-9-18(25)32/h1-3,5-6,14-17,38H,4,7-12,24H2,(H2,25,32)(H,29,35)(H,30,34)(H,31,33)(H,36,37)(H4,26,27,28). The largest absolute Gasteiger partial charge is 0.480 e. The molecule has 0 saturated heterocycles. The zero-order chi connectivity index (χ0) is 28.7. The second-order valence-electron chi connectivity index (χ2n) is 8.45. The number of thiol groups is 1. The minimum Gasteiger partial charge on any atom is -0.480 e. The lowest BCUT2D eigenvalue weighted by Crippen LogP contribution is -2.57. The van der Waals surface area contributed by atoms with E-state index in [9.17, 15) is 29.1 Å². The SMILES string of the molecule is NC(=O)CCC(NC(=O)C(CCCN=C(N)N)NC(=O)C(Cc1ccccc1)NC(=O)C(N)CS)C(=O)O. The fourth-order valence-electron chi connectivity index (χ4n) is 3.28. The molecule has 0 aliphatic carbocycles. The van der Waals surface area contributed by atoms with E-state index in [0.717, 1.165) is 5.56 Å². The first-order valence-corrected chi connectivity index (χ1v) is 12.5. The van der Waals surface area contributed by atoms with Gasteiger partial charge in [0.15, 0.2) is 5.96 Å². The monoisotopic (exact) mass is 552 g/mol. The molecule has 210 valence electrons. The van der Waals surface area contributed by atoms with Gasteiger partial charge in [-0.15, -0.1) is 0 Å². The van der Waals surface area contributed by atoms with Gasteiger partial charge in [-0.25, -0.2) is 4.79 Å². The molecule has 0 aromatic heterocycles. The number of hydrogen-bond acceptors (Lipinski definition) is 8. The number of nitrogens with one attached hydrogen (secondary N) is 3. The van der Waals surface area contributed by atoms with Gasteiger partial charge < -0.3 is 44.0 Å². The van der Waals surface area contributed by atoms with E-state index in [1.165, 1.54) is 0 Å². The molecule has 0 radical (unpaired) electrons. The Hall–Kier alpha value is -3.85. The van der Waals surface area contributed by atoms with Gasteiger partial charge in [0, 0.05) is 25.1 Å². The Morgan fingerprint density at radius 2 is 1.45 bits per heavy atom. The first kappa shape index (κ1) is 32.2. The molecule has 0 aliphatic heterocycles. The average molecular weight is 553 g/mol. The van der Waals surface area contributed by atoms with Gasteiger partial charge in [-0.2, -0.15) is 12.6 Å². The molecule has 4 unspecified atom stereocenters. The fourth-order valence-corrected chi connectivity index (χ4v) is 3.45. The number of aliphatic carboxylic acids is 1. The summed E-state index contributed by atoms with van der Waals surface area (Å²) < 4.78 is 0. The molecule has 1 rings (SSSR count). The predicted octanol–water partition coefficient (Wildman–Crippen LogP) is -2.66. The van der Waals surface area contributed by atoms with Crippen LogP contribution < -0.4 is 38.9 Å². The molecule has 12 N–H and O–H groups in total. The third kappa shape index (κ3) is 12.4. The van der Waals surface area contributed by atoms with E-state index in [-0.39, 0.29) is 50.4 Å². The lowest BCUT2D eigenvalue weighted by Gasteiger charge is -2.25. The molecule has 0 saturated carbocycles. The molecular weight excluding hydrogens is 516 g/mol. The number of carbonyl (C=O) groups excluding carboxylic acids is 4. The van der Waals surface area contributed by atoms with Crippen LogP contribution in [0.15, 0.2) is 35.3 Å². The number of guanidine groups is 1. The van der Waals surface area contributed by atoms with Crippen molar-refractivity contribution in [2.24, 2.45) is 27.9 Å². The van der Waals surface area contributed by atoms with Gasteiger partial charge in [0.05, 0.1) is 6.04 Å². The maximum atomic E-state index is 13.3. The lowest BCUT2D eigenvalue weighted by atomic mass is 10.0. The smallest absolute Gasteiger partial charge is 0.326 e. The Labute approximate surface area is 225 Å². The number of carboxylic acids is 1. The van der Waals surface area contributed by atoms with E-state index in [1.54, 1.807) is 30.3 Å². The number of rotatable bonds is 17. The number of benzene rings is 1. The summed E-state index contributed by atoms with van der Waals surface area (Å²) in [6, 6.07) is 4.16. The topological polar surface area (TPSA) is 258 Å². The van der Waals surface area contributed by atoms with Crippen molar-refractivity contribution in [2.45, 2.75) is 56.3 Å². The molecule has 14 nitrogen and oxygen atoms in total. The highest BCUT2D eigenvalue weighted by molar-refractivity contribution is 7.80. The predicted molar refractivity (Wildman–Crippen MR) is 144 cm³/mol. The highest BCUT2D eigenvalue weighted by atomic mass is 32.1. The summed E-state index contributed by atoms with van der Waals surface area (Å²) in [5.74, 6) is -4.33. The van der Waals surface area contributed by atoms with Gasteiger partial charge in [0.2, 0.25) is 23.6 Å². The third-order valence-electron chi connectivity index (χ3n) is 5.32. The van der Waals surface area contributed by atoms with Crippen molar-refractivity contribution in [3.8, 4) is 0 Å². The minimum absolute atomic E-state index is 0.0403. The van der Waals surface area contributed by atoms with Gasteiger partial charge >= 0.3 is 5.97 Å². The van der Waals surface area contributed by atoms with Crippen LogP contribution >= 0.6 is 12.6 Å². The van der Waals surface area contributed by atoms with E-state index in [0.29, 0.717) is 0 Å². The number of hydrogen-bond donors (Lipinski definition) is 9. The Kier molecular flexibility index (Phi) is 14.2. The molecule has 0 bridgehead atoms. The van der Waals surface area contributed by atoms with Crippen molar-refractivity contribution in [3.05, 3.63) is 35.9 Å². The number of amides is 4. The summed E-state index contributed by atoms with van der Waals surface area (Å²) in [7, 11) is 0. The molecule has 38 heavy (non-hydrogen) atoms. The number of nitrogens with zero attached hydrogens (tertiary/aromatic N) is 1. The number of carbonyl (C=O) groups is 5. The molecule has 15 heteroatoms. The third-order valence-corrected chi connectivity index (χ3v) is 5.71. The summed E-state index contributed by atoms with van der Waals surface area (Å²) in [6.07, 6.45) is -0.112. The molecule has 0 heterocycles. The molecule has 0 fully saturated rings. The molecule has 0 aliphatic rings.